The van der Waals surface area contributed by atoms with E-state index in [1.54, 1.807) is 6.26 Å². The number of rotatable bonds is 4. The number of hydrogen-bond donors (Lipinski definition) is 1. The SMILES string of the molecule is CCNCC1CCCCN(C)C1c1occc1Br. The highest BCUT2D eigenvalue weighted by Crippen LogP contribution is 2.37. The van der Waals surface area contributed by atoms with Crippen molar-refractivity contribution in [2.24, 2.45) is 5.92 Å². The Morgan fingerprint density at radius 1 is 1.50 bits per heavy atom. The summed E-state index contributed by atoms with van der Waals surface area (Å²) in [5, 5.41) is 3.49. The van der Waals surface area contributed by atoms with E-state index in [1.807, 2.05) is 6.07 Å². The molecule has 0 spiro atoms. The van der Waals surface area contributed by atoms with E-state index in [0.717, 1.165) is 29.9 Å². The van der Waals surface area contributed by atoms with Gasteiger partial charge in [0.1, 0.15) is 5.76 Å². The molecule has 1 fully saturated rings. The molecule has 1 saturated heterocycles. The molecule has 102 valence electrons. The summed E-state index contributed by atoms with van der Waals surface area (Å²) in [5.74, 6) is 1.71. The zero-order valence-corrected chi connectivity index (χ0v) is 12.9. The fraction of sp³-hybridized carbons (Fsp3) is 0.714. The molecule has 18 heavy (non-hydrogen) atoms. The maximum atomic E-state index is 5.72. The van der Waals surface area contributed by atoms with E-state index in [9.17, 15) is 0 Å². The van der Waals surface area contributed by atoms with E-state index in [-0.39, 0.29) is 0 Å². The van der Waals surface area contributed by atoms with Gasteiger partial charge < -0.3 is 9.73 Å². The number of hydrogen-bond acceptors (Lipinski definition) is 3. The van der Waals surface area contributed by atoms with Crippen LogP contribution in [0.15, 0.2) is 21.2 Å². The highest BCUT2D eigenvalue weighted by atomic mass is 79.9. The minimum absolute atomic E-state index is 0.385. The summed E-state index contributed by atoms with van der Waals surface area (Å²) in [7, 11) is 2.21. The van der Waals surface area contributed by atoms with Crippen LogP contribution in [0.2, 0.25) is 0 Å². The van der Waals surface area contributed by atoms with Crippen LogP contribution >= 0.6 is 15.9 Å². The Hall–Kier alpha value is -0.320. The standard InChI is InChI=1S/C14H23BrN2O/c1-3-16-10-11-6-4-5-8-17(2)13(11)14-12(15)7-9-18-14/h7,9,11,13,16H,3-6,8,10H2,1-2H3. The van der Waals surface area contributed by atoms with Crippen LogP contribution in [0.4, 0.5) is 0 Å². The van der Waals surface area contributed by atoms with Crippen molar-refractivity contribution in [3.63, 3.8) is 0 Å². The Kier molecular flexibility index (Phi) is 5.27. The van der Waals surface area contributed by atoms with Crippen LogP contribution in [-0.4, -0.2) is 31.6 Å². The fourth-order valence-corrected chi connectivity index (χ4v) is 3.33. The Morgan fingerprint density at radius 3 is 3.00 bits per heavy atom. The average molecular weight is 315 g/mol. The van der Waals surface area contributed by atoms with Gasteiger partial charge >= 0.3 is 0 Å². The molecule has 0 saturated carbocycles. The second kappa shape index (κ2) is 6.73. The predicted octanol–water partition coefficient (Wildman–Crippen LogP) is 3.42. The minimum Gasteiger partial charge on any atom is -0.466 e. The summed E-state index contributed by atoms with van der Waals surface area (Å²) in [5.41, 5.74) is 0. The van der Waals surface area contributed by atoms with Gasteiger partial charge in [-0.1, -0.05) is 13.3 Å². The van der Waals surface area contributed by atoms with E-state index in [4.69, 9.17) is 4.42 Å². The Morgan fingerprint density at radius 2 is 2.33 bits per heavy atom. The first-order chi connectivity index (χ1) is 8.74. The van der Waals surface area contributed by atoms with Crippen molar-refractivity contribution in [3.05, 3.63) is 22.6 Å². The van der Waals surface area contributed by atoms with Crippen LogP contribution in [0.5, 0.6) is 0 Å². The van der Waals surface area contributed by atoms with Crippen molar-refractivity contribution in [1.82, 2.24) is 10.2 Å². The van der Waals surface area contributed by atoms with E-state index in [2.05, 4.69) is 40.1 Å². The molecule has 2 atom stereocenters. The number of nitrogens with one attached hydrogen (secondary N) is 1. The van der Waals surface area contributed by atoms with Crippen LogP contribution in [0.1, 0.15) is 38.0 Å². The van der Waals surface area contributed by atoms with Gasteiger partial charge in [0.05, 0.1) is 16.8 Å². The Balaban J connectivity index is 2.20. The van der Waals surface area contributed by atoms with Crippen molar-refractivity contribution in [2.75, 3.05) is 26.7 Å². The average Bonchev–Trinajstić information content (AvgIpc) is 2.68. The second-order valence-electron chi connectivity index (χ2n) is 5.12. The van der Waals surface area contributed by atoms with Crippen molar-refractivity contribution in [3.8, 4) is 0 Å². The quantitative estimate of drug-likeness (QED) is 0.923. The van der Waals surface area contributed by atoms with E-state index >= 15 is 0 Å². The summed E-state index contributed by atoms with van der Waals surface area (Å²) >= 11 is 3.61. The fourth-order valence-electron chi connectivity index (χ4n) is 2.90. The van der Waals surface area contributed by atoms with Crippen LogP contribution in [0, 0.1) is 5.92 Å². The lowest BCUT2D eigenvalue weighted by atomic mass is 9.93. The Bertz CT molecular complexity index is 366. The van der Waals surface area contributed by atoms with Crippen molar-refractivity contribution < 1.29 is 4.42 Å². The number of likely N-dealkylation sites (tertiary alicyclic amines) is 1. The summed E-state index contributed by atoms with van der Waals surface area (Å²) in [4.78, 5) is 2.44. The van der Waals surface area contributed by atoms with Gasteiger partial charge in [-0.3, -0.25) is 4.90 Å². The molecule has 2 heterocycles. The largest absolute Gasteiger partial charge is 0.466 e. The first-order valence-electron chi connectivity index (χ1n) is 6.88. The van der Waals surface area contributed by atoms with Gasteiger partial charge in [-0.05, 0) is 67.4 Å². The van der Waals surface area contributed by atoms with Gasteiger partial charge in [-0.15, -0.1) is 0 Å². The van der Waals surface area contributed by atoms with Gasteiger partial charge in [0.25, 0.3) is 0 Å². The molecular weight excluding hydrogens is 292 g/mol. The molecule has 1 aromatic rings. The molecule has 0 bridgehead atoms. The van der Waals surface area contributed by atoms with Gasteiger partial charge in [-0.2, -0.15) is 0 Å². The topological polar surface area (TPSA) is 28.4 Å². The molecular formula is C14H23BrN2O. The summed E-state index contributed by atoms with van der Waals surface area (Å²) in [6, 6.07) is 2.38. The van der Waals surface area contributed by atoms with Crippen molar-refractivity contribution in [2.45, 2.75) is 32.2 Å². The van der Waals surface area contributed by atoms with Gasteiger partial charge in [0.15, 0.2) is 0 Å². The van der Waals surface area contributed by atoms with Gasteiger partial charge in [-0.25, -0.2) is 0 Å². The van der Waals surface area contributed by atoms with E-state index in [1.165, 1.54) is 19.3 Å². The molecule has 0 amide bonds. The van der Waals surface area contributed by atoms with Crippen molar-refractivity contribution >= 4 is 15.9 Å². The third-order valence-electron chi connectivity index (χ3n) is 3.83. The highest BCUT2D eigenvalue weighted by molar-refractivity contribution is 9.10. The molecule has 4 heteroatoms. The van der Waals surface area contributed by atoms with E-state index in [0.29, 0.717) is 12.0 Å². The van der Waals surface area contributed by atoms with E-state index < -0.39 is 0 Å². The minimum atomic E-state index is 0.385. The number of nitrogens with zero attached hydrogens (tertiary/aromatic N) is 1. The first kappa shape index (κ1) is 14.1. The lowest BCUT2D eigenvalue weighted by Crippen LogP contribution is -2.34. The predicted molar refractivity (Wildman–Crippen MR) is 77.7 cm³/mol. The third-order valence-corrected chi connectivity index (χ3v) is 4.48. The van der Waals surface area contributed by atoms with Crippen LogP contribution in [-0.2, 0) is 0 Å². The zero-order valence-electron chi connectivity index (χ0n) is 11.3. The lowest BCUT2D eigenvalue weighted by Gasteiger charge is -2.31. The van der Waals surface area contributed by atoms with Crippen LogP contribution in [0.3, 0.4) is 0 Å². The maximum Gasteiger partial charge on any atom is 0.135 e. The molecule has 0 radical (unpaired) electrons. The molecule has 2 rings (SSSR count). The number of halogens is 1. The number of furan rings is 1. The Labute approximate surface area is 118 Å². The van der Waals surface area contributed by atoms with Crippen LogP contribution < -0.4 is 5.32 Å². The molecule has 1 aromatic heterocycles. The third kappa shape index (κ3) is 3.16. The monoisotopic (exact) mass is 314 g/mol. The smallest absolute Gasteiger partial charge is 0.135 e. The van der Waals surface area contributed by atoms with Crippen LogP contribution in [0.25, 0.3) is 0 Å². The molecule has 3 nitrogen and oxygen atoms in total. The highest BCUT2D eigenvalue weighted by Gasteiger charge is 2.32. The van der Waals surface area contributed by atoms with Crippen molar-refractivity contribution in [1.29, 1.82) is 0 Å². The van der Waals surface area contributed by atoms with Gasteiger partial charge in [0, 0.05) is 0 Å². The lowest BCUT2D eigenvalue weighted by molar-refractivity contribution is 0.162. The normalized spacial score (nSPS) is 26.2. The summed E-state index contributed by atoms with van der Waals surface area (Å²) in [6.07, 6.45) is 5.65. The van der Waals surface area contributed by atoms with Gasteiger partial charge in [0.2, 0.25) is 0 Å². The summed E-state index contributed by atoms with van der Waals surface area (Å²) < 4.78 is 6.82. The molecule has 1 aliphatic heterocycles. The molecule has 0 aromatic carbocycles. The molecule has 0 aliphatic carbocycles. The molecule has 2 unspecified atom stereocenters. The molecule has 1 N–H and O–H groups in total. The maximum absolute atomic E-state index is 5.72. The second-order valence-corrected chi connectivity index (χ2v) is 5.98. The zero-order chi connectivity index (χ0) is 13.0. The molecule has 1 aliphatic rings. The first-order valence-corrected chi connectivity index (χ1v) is 7.67. The summed E-state index contributed by atoms with van der Waals surface area (Å²) in [6.45, 7) is 5.42.